The molecule has 0 amide bonds. The molecule has 0 saturated heterocycles. The zero-order chi connectivity index (χ0) is 11.5. The number of hydrogen-bond acceptors (Lipinski definition) is 1. The van der Waals surface area contributed by atoms with E-state index in [4.69, 9.17) is 0 Å². The van der Waals surface area contributed by atoms with Crippen LogP contribution < -0.4 is 0 Å². The first-order valence-corrected chi connectivity index (χ1v) is 6.39. The van der Waals surface area contributed by atoms with Gasteiger partial charge >= 0.3 is 0 Å². The molecule has 1 unspecified atom stereocenters. The quantitative estimate of drug-likeness (QED) is 0.383. The van der Waals surface area contributed by atoms with E-state index in [1.54, 1.807) is 6.08 Å². The van der Waals surface area contributed by atoms with E-state index in [1.165, 1.54) is 32.1 Å². The number of unbranched alkanes of at least 4 members (excludes halogenated alkanes) is 3. The number of hydrogen-bond donors (Lipinski definition) is 0. The van der Waals surface area contributed by atoms with Crippen molar-refractivity contribution >= 4 is 5.78 Å². The molecule has 0 aromatic heterocycles. The van der Waals surface area contributed by atoms with Crippen molar-refractivity contribution in [2.24, 2.45) is 5.92 Å². The first-order chi connectivity index (χ1) is 7.26. The van der Waals surface area contributed by atoms with Gasteiger partial charge in [0, 0.05) is 12.3 Å². The lowest BCUT2D eigenvalue weighted by Gasteiger charge is -2.14. The highest BCUT2D eigenvalue weighted by molar-refractivity contribution is 5.82. The smallest absolute Gasteiger partial charge is 0.139 e. The third-order valence-corrected chi connectivity index (χ3v) is 2.86. The molecule has 1 atom stereocenters. The van der Waals surface area contributed by atoms with Crippen molar-refractivity contribution < 1.29 is 4.79 Å². The van der Waals surface area contributed by atoms with Gasteiger partial charge in [-0.25, -0.2) is 0 Å². The van der Waals surface area contributed by atoms with Crippen LogP contribution in [0.2, 0.25) is 0 Å². The topological polar surface area (TPSA) is 17.1 Å². The van der Waals surface area contributed by atoms with Crippen LogP contribution in [0.4, 0.5) is 0 Å². The van der Waals surface area contributed by atoms with E-state index in [1.807, 2.05) is 0 Å². The molecule has 0 fully saturated rings. The fourth-order valence-corrected chi connectivity index (χ4v) is 1.87. The molecule has 15 heavy (non-hydrogen) atoms. The number of carbonyl (C=O) groups excluding carboxylic acids is 1. The Morgan fingerprint density at radius 3 is 2.27 bits per heavy atom. The molecule has 0 saturated carbocycles. The SMILES string of the molecule is C=CCC(=O)C(CCCC)CCCCC. The van der Waals surface area contributed by atoms with E-state index in [-0.39, 0.29) is 0 Å². The van der Waals surface area contributed by atoms with Crippen LogP contribution in [0.15, 0.2) is 12.7 Å². The number of ketones is 1. The average molecular weight is 210 g/mol. The second-order valence-corrected chi connectivity index (χ2v) is 4.29. The first-order valence-electron chi connectivity index (χ1n) is 6.39. The Kier molecular flexibility index (Phi) is 9.55. The standard InChI is InChI=1S/C14H26O/c1-4-7-9-12-13(11-8-5-2)14(15)10-6-3/h6,13H,3-5,7-12H2,1-2H3. The lowest BCUT2D eigenvalue weighted by atomic mass is 9.90. The van der Waals surface area contributed by atoms with Crippen molar-refractivity contribution in [2.75, 3.05) is 0 Å². The third kappa shape index (κ3) is 7.35. The monoisotopic (exact) mass is 210 g/mol. The number of carbonyl (C=O) groups is 1. The first kappa shape index (κ1) is 14.4. The van der Waals surface area contributed by atoms with Crippen LogP contribution >= 0.6 is 0 Å². The number of allylic oxidation sites excluding steroid dienone is 1. The van der Waals surface area contributed by atoms with E-state index in [9.17, 15) is 4.79 Å². The lowest BCUT2D eigenvalue weighted by molar-refractivity contribution is -0.122. The Labute approximate surface area is 95.0 Å². The fraction of sp³-hybridized carbons (Fsp3) is 0.786. The third-order valence-electron chi connectivity index (χ3n) is 2.86. The highest BCUT2D eigenvalue weighted by Gasteiger charge is 2.15. The minimum atomic E-state index is 0.300. The summed E-state index contributed by atoms with van der Waals surface area (Å²) in [6.45, 7) is 8.02. The van der Waals surface area contributed by atoms with Crippen LogP contribution in [0, 0.1) is 5.92 Å². The largest absolute Gasteiger partial charge is 0.299 e. The summed E-state index contributed by atoms with van der Waals surface area (Å²) in [4.78, 5) is 11.8. The van der Waals surface area contributed by atoms with Crippen LogP contribution in [-0.4, -0.2) is 5.78 Å². The fourth-order valence-electron chi connectivity index (χ4n) is 1.87. The highest BCUT2D eigenvalue weighted by atomic mass is 16.1. The summed E-state index contributed by atoms with van der Waals surface area (Å²) >= 11 is 0. The zero-order valence-electron chi connectivity index (χ0n) is 10.4. The molecule has 0 spiro atoms. The van der Waals surface area contributed by atoms with Crippen molar-refractivity contribution in [3.05, 3.63) is 12.7 Å². The summed E-state index contributed by atoms with van der Waals surface area (Å²) < 4.78 is 0. The van der Waals surface area contributed by atoms with E-state index in [0.29, 0.717) is 18.1 Å². The second kappa shape index (κ2) is 9.95. The van der Waals surface area contributed by atoms with Crippen molar-refractivity contribution in [3.8, 4) is 0 Å². The van der Waals surface area contributed by atoms with Crippen molar-refractivity contribution in [1.82, 2.24) is 0 Å². The summed E-state index contributed by atoms with van der Waals surface area (Å²) in [6, 6.07) is 0. The molecule has 0 heterocycles. The van der Waals surface area contributed by atoms with E-state index < -0.39 is 0 Å². The Morgan fingerprint density at radius 1 is 1.13 bits per heavy atom. The van der Waals surface area contributed by atoms with Gasteiger partial charge in [0.05, 0.1) is 0 Å². The molecule has 88 valence electrons. The Hall–Kier alpha value is -0.590. The number of Topliss-reactive ketones (excluding diaryl/α,β-unsaturated/α-hetero) is 1. The predicted octanol–water partition coefficient (Wildman–Crippen LogP) is 4.52. The van der Waals surface area contributed by atoms with Crippen LogP contribution in [0.1, 0.15) is 65.2 Å². The van der Waals surface area contributed by atoms with E-state index >= 15 is 0 Å². The molecule has 0 rings (SSSR count). The Bertz CT molecular complexity index is 172. The predicted molar refractivity (Wildman–Crippen MR) is 67.0 cm³/mol. The van der Waals surface area contributed by atoms with Crippen LogP contribution in [0.25, 0.3) is 0 Å². The highest BCUT2D eigenvalue weighted by Crippen LogP contribution is 2.19. The molecule has 0 aliphatic heterocycles. The molecule has 0 radical (unpaired) electrons. The average Bonchev–Trinajstić information content (AvgIpc) is 2.23. The van der Waals surface area contributed by atoms with E-state index in [2.05, 4.69) is 20.4 Å². The van der Waals surface area contributed by atoms with Gasteiger partial charge < -0.3 is 0 Å². The minimum absolute atomic E-state index is 0.300. The Morgan fingerprint density at radius 2 is 1.73 bits per heavy atom. The maximum absolute atomic E-state index is 11.8. The molecule has 0 aliphatic rings. The molecule has 0 N–H and O–H groups in total. The summed E-state index contributed by atoms with van der Waals surface area (Å²) in [5.74, 6) is 0.698. The van der Waals surface area contributed by atoms with Gasteiger partial charge in [-0.1, -0.05) is 52.0 Å². The maximum Gasteiger partial charge on any atom is 0.139 e. The second-order valence-electron chi connectivity index (χ2n) is 4.29. The van der Waals surface area contributed by atoms with Crippen molar-refractivity contribution in [3.63, 3.8) is 0 Å². The van der Waals surface area contributed by atoms with Gasteiger partial charge in [-0.05, 0) is 12.8 Å². The zero-order valence-corrected chi connectivity index (χ0v) is 10.4. The maximum atomic E-state index is 11.8. The van der Waals surface area contributed by atoms with Crippen molar-refractivity contribution in [2.45, 2.75) is 65.2 Å². The normalized spacial score (nSPS) is 12.4. The molecule has 1 nitrogen and oxygen atoms in total. The van der Waals surface area contributed by atoms with E-state index in [0.717, 1.165) is 12.8 Å². The number of rotatable bonds is 10. The summed E-state index contributed by atoms with van der Waals surface area (Å²) in [5.41, 5.74) is 0. The summed E-state index contributed by atoms with van der Waals surface area (Å²) in [5, 5.41) is 0. The van der Waals surface area contributed by atoms with Gasteiger partial charge in [0.15, 0.2) is 0 Å². The molecular weight excluding hydrogens is 184 g/mol. The van der Waals surface area contributed by atoms with Gasteiger partial charge in [0.1, 0.15) is 5.78 Å². The molecule has 1 heteroatoms. The van der Waals surface area contributed by atoms with Crippen molar-refractivity contribution in [1.29, 1.82) is 0 Å². The van der Waals surface area contributed by atoms with Gasteiger partial charge in [-0.2, -0.15) is 0 Å². The minimum Gasteiger partial charge on any atom is -0.299 e. The lowest BCUT2D eigenvalue weighted by Crippen LogP contribution is -2.13. The molecule has 0 aromatic rings. The van der Waals surface area contributed by atoms with Crippen LogP contribution in [-0.2, 0) is 4.79 Å². The molecular formula is C14H26O. The molecule has 0 aliphatic carbocycles. The van der Waals surface area contributed by atoms with Crippen LogP contribution in [0.5, 0.6) is 0 Å². The summed E-state index contributed by atoms with van der Waals surface area (Å²) in [6.07, 6.45) is 10.5. The van der Waals surface area contributed by atoms with Gasteiger partial charge in [-0.15, -0.1) is 6.58 Å². The van der Waals surface area contributed by atoms with Gasteiger partial charge in [-0.3, -0.25) is 4.79 Å². The van der Waals surface area contributed by atoms with Gasteiger partial charge in [0.2, 0.25) is 0 Å². The molecule has 0 bridgehead atoms. The van der Waals surface area contributed by atoms with Gasteiger partial charge in [0.25, 0.3) is 0 Å². The summed E-state index contributed by atoms with van der Waals surface area (Å²) in [7, 11) is 0. The molecule has 0 aromatic carbocycles. The Balaban J connectivity index is 3.92. The van der Waals surface area contributed by atoms with Crippen LogP contribution in [0.3, 0.4) is 0 Å².